The van der Waals surface area contributed by atoms with E-state index in [1.54, 1.807) is 6.20 Å². The van der Waals surface area contributed by atoms with Crippen molar-refractivity contribution >= 4 is 33.9 Å². The van der Waals surface area contributed by atoms with Gasteiger partial charge in [0.1, 0.15) is 16.8 Å². The van der Waals surface area contributed by atoms with Gasteiger partial charge in [0.15, 0.2) is 0 Å². The SMILES string of the molecule is N#Cc1c(Cl)ncc2c1Nc1ccccc1[C@H]2c1c[nH]c2ccccc12. The van der Waals surface area contributed by atoms with Crippen LogP contribution in [0, 0.1) is 11.3 Å². The van der Waals surface area contributed by atoms with E-state index in [4.69, 9.17) is 11.6 Å². The molecule has 26 heavy (non-hydrogen) atoms. The van der Waals surface area contributed by atoms with Gasteiger partial charge in [0.05, 0.1) is 5.69 Å². The second kappa shape index (κ2) is 5.62. The van der Waals surface area contributed by atoms with Crippen molar-refractivity contribution in [2.24, 2.45) is 0 Å². The van der Waals surface area contributed by atoms with Crippen LogP contribution in [0.1, 0.15) is 28.2 Å². The molecule has 4 aromatic rings. The van der Waals surface area contributed by atoms with Crippen LogP contribution in [0.4, 0.5) is 11.4 Å². The number of para-hydroxylation sites is 2. The molecule has 124 valence electrons. The maximum absolute atomic E-state index is 9.59. The van der Waals surface area contributed by atoms with Crippen LogP contribution >= 0.6 is 11.6 Å². The Morgan fingerprint density at radius 1 is 1.00 bits per heavy atom. The molecule has 5 rings (SSSR count). The molecule has 1 atom stereocenters. The van der Waals surface area contributed by atoms with Crippen LogP contribution in [-0.2, 0) is 0 Å². The van der Waals surface area contributed by atoms with Gasteiger partial charge in [0.2, 0.25) is 0 Å². The predicted molar refractivity (Wildman–Crippen MR) is 103 cm³/mol. The van der Waals surface area contributed by atoms with E-state index in [-0.39, 0.29) is 11.1 Å². The summed E-state index contributed by atoms with van der Waals surface area (Å²) in [7, 11) is 0. The summed E-state index contributed by atoms with van der Waals surface area (Å²) in [5.41, 5.74) is 6.44. The highest BCUT2D eigenvalue weighted by Crippen LogP contribution is 2.47. The van der Waals surface area contributed by atoms with Crippen LogP contribution in [0.3, 0.4) is 0 Å². The molecule has 2 aromatic carbocycles. The minimum absolute atomic E-state index is 0.0320. The molecule has 2 N–H and O–H groups in total. The normalized spacial score (nSPS) is 15.0. The first kappa shape index (κ1) is 15.0. The third-order valence-corrected chi connectivity index (χ3v) is 5.24. The molecule has 0 saturated heterocycles. The molecule has 5 heteroatoms. The Labute approximate surface area is 155 Å². The highest BCUT2D eigenvalue weighted by molar-refractivity contribution is 6.31. The standard InChI is InChI=1S/C21H13ClN4/c22-21-14(9-23)20-16(11-25-21)19(13-6-2-4-8-18(13)26-20)15-10-24-17-7-3-1-5-12(15)17/h1-8,10-11,19,24,26H/t19-/m0/s1. The molecule has 0 saturated carbocycles. The van der Waals surface area contributed by atoms with Crippen molar-refractivity contribution in [3.8, 4) is 6.07 Å². The Morgan fingerprint density at radius 2 is 1.81 bits per heavy atom. The topological polar surface area (TPSA) is 64.5 Å². The average molecular weight is 357 g/mol. The number of aromatic amines is 1. The molecule has 1 aliphatic rings. The number of halogens is 1. The van der Waals surface area contributed by atoms with Gasteiger partial charge in [-0.3, -0.25) is 0 Å². The van der Waals surface area contributed by atoms with Crippen molar-refractivity contribution in [3.05, 3.63) is 88.3 Å². The summed E-state index contributed by atoms with van der Waals surface area (Å²) in [4.78, 5) is 7.62. The van der Waals surface area contributed by atoms with E-state index in [2.05, 4.69) is 39.6 Å². The Hall–Kier alpha value is -3.29. The van der Waals surface area contributed by atoms with Crippen molar-refractivity contribution in [2.75, 3.05) is 5.32 Å². The molecule has 0 fully saturated rings. The van der Waals surface area contributed by atoms with E-state index in [1.165, 1.54) is 0 Å². The fourth-order valence-corrected chi connectivity index (χ4v) is 3.98. The van der Waals surface area contributed by atoms with Gasteiger partial charge in [-0.15, -0.1) is 0 Å². The Bertz CT molecular complexity index is 1200. The highest BCUT2D eigenvalue weighted by Gasteiger charge is 2.31. The number of hydrogen-bond donors (Lipinski definition) is 2. The maximum Gasteiger partial charge on any atom is 0.148 e. The van der Waals surface area contributed by atoms with Crippen molar-refractivity contribution < 1.29 is 0 Å². The van der Waals surface area contributed by atoms with Gasteiger partial charge in [0, 0.05) is 40.5 Å². The molecular formula is C21H13ClN4. The maximum atomic E-state index is 9.59. The van der Waals surface area contributed by atoms with Gasteiger partial charge >= 0.3 is 0 Å². The number of nitriles is 1. The fraction of sp³-hybridized carbons (Fsp3) is 0.0476. The molecule has 0 aliphatic carbocycles. The van der Waals surface area contributed by atoms with Crippen LogP contribution in [0.2, 0.25) is 5.15 Å². The van der Waals surface area contributed by atoms with E-state index < -0.39 is 0 Å². The number of H-pyrrole nitrogens is 1. The molecule has 0 unspecified atom stereocenters. The number of hydrogen-bond acceptors (Lipinski definition) is 3. The average Bonchev–Trinajstić information content (AvgIpc) is 3.10. The third-order valence-electron chi connectivity index (χ3n) is 4.95. The van der Waals surface area contributed by atoms with Gasteiger partial charge in [-0.25, -0.2) is 4.98 Å². The number of pyridine rings is 1. The lowest BCUT2D eigenvalue weighted by Crippen LogP contribution is -2.15. The molecule has 4 nitrogen and oxygen atoms in total. The Kier molecular flexibility index (Phi) is 3.24. The second-order valence-corrected chi connectivity index (χ2v) is 6.66. The molecule has 0 amide bonds. The Balaban J connectivity index is 1.85. The van der Waals surface area contributed by atoms with Crippen molar-refractivity contribution in [1.29, 1.82) is 5.26 Å². The fourth-order valence-electron chi connectivity index (χ4n) is 3.79. The lowest BCUT2D eigenvalue weighted by Gasteiger charge is -2.29. The quantitative estimate of drug-likeness (QED) is 0.399. The van der Waals surface area contributed by atoms with Crippen molar-refractivity contribution in [2.45, 2.75) is 5.92 Å². The zero-order valence-corrected chi connectivity index (χ0v) is 14.4. The minimum atomic E-state index is -0.0320. The summed E-state index contributed by atoms with van der Waals surface area (Å²) in [5, 5.41) is 14.4. The first-order chi connectivity index (χ1) is 12.8. The van der Waals surface area contributed by atoms with Gasteiger partial charge in [-0.1, -0.05) is 48.0 Å². The number of fused-ring (bicyclic) bond motifs is 3. The number of anilines is 2. The lowest BCUT2D eigenvalue weighted by atomic mass is 9.81. The van der Waals surface area contributed by atoms with Crippen LogP contribution in [-0.4, -0.2) is 9.97 Å². The van der Waals surface area contributed by atoms with Crippen molar-refractivity contribution in [3.63, 3.8) is 0 Å². The summed E-state index contributed by atoms with van der Waals surface area (Å²) in [5.74, 6) is -0.0320. The van der Waals surface area contributed by atoms with E-state index in [0.29, 0.717) is 5.56 Å². The van der Waals surface area contributed by atoms with E-state index in [1.807, 2.05) is 36.5 Å². The summed E-state index contributed by atoms with van der Waals surface area (Å²) < 4.78 is 0. The largest absolute Gasteiger partial charge is 0.361 e. The van der Waals surface area contributed by atoms with Gasteiger partial charge in [0.25, 0.3) is 0 Å². The zero-order valence-electron chi connectivity index (χ0n) is 13.6. The first-order valence-corrected chi connectivity index (χ1v) is 8.66. The summed E-state index contributed by atoms with van der Waals surface area (Å²) >= 11 is 6.18. The summed E-state index contributed by atoms with van der Waals surface area (Å²) in [6, 6.07) is 18.6. The third kappa shape index (κ3) is 2.05. The highest BCUT2D eigenvalue weighted by atomic mass is 35.5. The number of benzene rings is 2. The molecule has 0 spiro atoms. The van der Waals surface area contributed by atoms with E-state index in [0.717, 1.165) is 39.0 Å². The van der Waals surface area contributed by atoms with Crippen molar-refractivity contribution in [1.82, 2.24) is 9.97 Å². The summed E-state index contributed by atoms with van der Waals surface area (Å²) in [6.07, 6.45) is 3.82. The molecule has 0 radical (unpaired) electrons. The van der Waals surface area contributed by atoms with E-state index >= 15 is 0 Å². The first-order valence-electron chi connectivity index (χ1n) is 8.28. The van der Waals surface area contributed by atoms with Gasteiger partial charge < -0.3 is 10.3 Å². The monoisotopic (exact) mass is 356 g/mol. The van der Waals surface area contributed by atoms with Gasteiger partial charge in [-0.2, -0.15) is 5.26 Å². The van der Waals surface area contributed by atoms with E-state index in [9.17, 15) is 5.26 Å². The lowest BCUT2D eigenvalue weighted by molar-refractivity contribution is 0.957. The van der Waals surface area contributed by atoms with Gasteiger partial charge in [-0.05, 0) is 23.3 Å². The smallest absolute Gasteiger partial charge is 0.148 e. The Morgan fingerprint density at radius 3 is 2.69 bits per heavy atom. The van der Waals surface area contributed by atoms with Crippen LogP contribution in [0.25, 0.3) is 10.9 Å². The molecule has 2 aromatic heterocycles. The zero-order chi connectivity index (χ0) is 17.7. The molecule has 3 heterocycles. The molecule has 0 bridgehead atoms. The second-order valence-electron chi connectivity index (χ2n) is 6.30. The van der Waals surface area contributed by atoms with Crippen LogP contribution in [0.5, 0.6) is 0 Å². The molecule has 1 aliphatic heterocycles. The number of nitrogens with zero attached hydrogens (tertiary/aromatic N) is 2. The van der Waals surface area contributed by atoms with Crippen LogP contribution < -0.4 is 5.32 Å². The van der Waals surface area contributed by atoms with Crippen LogP contribution in [0.15, 0.2) is 60.9 Å². The number of nitrogens with one attached hydrogen (secondary N) is 2. The summed E-state index contributed by atoms with van der Waals surface area (Å²) in [6.45, 7) is 0. The number of rotatable bonds is 1. The molecular weight excluding hydrogens is 344 g/mol. The number of aromatic nitrogens is 2. The predicted octanol–water partition coefficient (Wildman–Crippen LogP) is 5.33. The minimum Gasteiger partial charge on any atom is -0.361 e.